The first-order chi connectivity index (χ1) is 20.9. The third-order valence-electron chi connectivity index (χ3n) is 7.47. The molecule has 1 saturated carbocycles. The molecule has 0 aromatic heterocycles. The fraction of sp³-hybridized carbons (Fsp3) is 0.412. The summed E-state index contributed by atoms with van der Waals surface area (Å²) in [5.41, 5.74) is 13.6. The van der Waals surface area contributed by atoms with Crippen molar-refractivity contribution in [1.82, 2.24) is 0 Å². The topological polar surface area (TPSA) is 157 Å². The molecular weight excluding hydrogens is 564 g/mol. The lowest BCUT2D eigenvalue weighted by Gasteiger charge is -2.21. The van der Waals surface area contributed by atoms with Gasteiger partial charge in [0.25, 0.3) is 0 Å². The van der Waals surface area contributed by atoms with Crippen LogP contribution < -0.4 is 30.4 Å². The maximum absolute atomic E-state index is 13.3. The summed E-state index contributed by atoms with van der Waals surface area (Å²) in [6.07, 6.45) is 6.37. The Labute approximate surface area is 258 Å². The Morgan fingerprint density at radius 3 is 1.80 bits per heavy atom. The van der Waals surface area contributed by atoms with E-state index in [2.05, 4.69) is 0 Å². The van der Waals surface area contributed by atoms with E-state index in [9.17, 15) is 19.2 Å². The Hall–Kier alpha value is -4.28. The van der Waals surface area contributed by atoms with Gasteiger partial charge >= 0.3 is 11.9 Å². The lowest BCUT2D eigenvalue weighted by atomic mass is 9.81. The molecule has 10 nitrogen and oxygen atoms in total. The Balaban J connectivity index is 1.72. The van der Waals surface area contributed by atoms with Crippen molar-refractivity contribution >= 4 is 35.7 Å². The van der Waals surface area contributed by atoms with Gasteiger partial charge in [0.15, 0.2) is 34.6 Å². The third-order valence-corrected chi connectivity index (χ3v) is 7.47. The zero-order valence-corrected chi connectivity index (χ0v) is 26.1. The van der Waals surface area contributed by atoms with Crippen LogP contribution >= 0.6 is 0 Å². The number of esters is 2. The van der Waals surface area contributed by atoms with Crippen LogP contribution in [0.2, 0.25) is 0 Å². The number of carbonyl (C=O) groups is 4. The minimum absolute atomic E-state index is 0.0884. The molecule has 10 heteroatoms. The number of ether oxygens (including phenoxy) is 4. The van der Waals surface area contributed by atoms with E-state index >= 15 is 0 Å². The summed E-state index contributed by atoms with van der Waals surface area (Å²) < 4.78 is 21.6. The van der Waals surface area contributed by atoms with Crippen molar-refractivity contribution in [3.05, 3.63) is 59.2 Å². The van der Waals surface area contributed by atoms with Gasteiger partial charge in [-0.15, -0.1) is 0 Å². The van der Waals surface area contributed by atoms with Crippen LogP contribution in [-0.2, 0) is 19.2 Å². The maximum atomic E-state index is 13.3. The zero-order valence-electron chi connectivity index (χ0n) is 26.1. The van der Waals surface area contributed by atoms with Crippen molar-refractivity contribution in [3.8, 4) is 23.0 Å². The van der Waals surface area contributed by atoms with Gasteiger partial charge in [0.05, 0.1) is 20.1 Å². The smallest absolute Gasteiger partial charge is 0.328 e. The molecule has 0 amide bonds. The zero-order chi connectivity index (χ0) is 32.6. The van der Waals surface area contributed by atoms with Crippen LogP contribution in [0.3, 0.4) is 0 Å². The van der Waals surface area contributed by atoms with Gasteiger partial charge in [-0.2, -0.15) is 0 Å². The number of Topliss-reactive ketones (excluding diaryl/α,β-unsaturated/α-hetero) is 1. The normalized spacial score (nSPS) is 17.5. The summed E-state index contributed by atoms with van der Waals surface area (Å²) in [6, 6.07) is 8.30. The SMILES string of the molecule is COc1cc(/C=C2/CCCC(C(=O)/C=C/c3ccc(OC(=O)C(N)C(C)C)c(OC)c3)C2=O)ccc1OC(=O)C(N)C(C)C. The quantitative estimate of drug-likeness (QED) is 0.152. The molecule has 44 heavy (non-hydrogen) atoms. The van der Waals surface area contributed by atoms with E-state index in [0.29, 0.717) is 47.5 Å². The average Bonchev–Trinajstić information content (AvgIpc) is 3.00. The highest BCUT2D eigenvalue weighted by Crippen LogP contribution is 2.33. The molecule has 0 aliphatic heterocycles. The molecule has 1 aliphatic carbocycles. The number of nitrogens with two attached hydrogens (primary N) is 2. The van der Waals surface area contributed by atoms with E-state index in [0.717, 1.165) is 0 Å². The fourth-order valence-corrected chi connectivity index (χ4v) is 4.51. The highest BCUT2D eigenvalue weighted by molar-refractivity contribution is 6.16. The predicted octanol–water partition coefficient (Wildman–Crippen LogP) is 4.52. The van der Waals surface area contributed by atoms with Gasteiger partial charge in [-0.1, -0.05) is 45.9 Å². The first-order valence-corrected chi connectivity index (χ1v) is 14.6. The van der Waals surface area contributed by atoms with Gasteiger partial charge in [-0.3, -0.25) is 9.59 Å². The van der Waals surface area contributed by atoms with Gasteiger partial charge in [-0.05, 0) is 84.2 Å². The van der Waals surface area contributed by atoms with E-state index in [4.69, 9.17) is 30.4 Å². The number of rotatable bonds is 12. The van der Waals surface area contributed by atoms with Crippen molar-refractivity contribution in [2.75, 3.05) is 14.2 Å². The molecule has 3 rings (SSSR count). The molecule has 3 unspecified atom stereocenters. The molecule has 2 aromatic rings. The van der Waals surface area contributed by atoms with Gasteiger partial charge in [0.1, 0.15) is 12.1 Å². The van der Waals surface area contributed by atoms with Crippen LogP contribution in [0.25, 0.3) is 12.2 Å². The molecule has 0 saturated heterocycles. The van der Waals surface area contributed by atoms with Crippen LogP contribution in [0.15, 0.2) is 48.0 Å². The molecular formula is C34H42N2O8. The minimum Gasteiger partial charge on any atom is -0.493 e. The summed E-state index contributed by atoms with van der Waals surface area (Å²) in [5.74, 6) is -1.57. The number of hydrogen-bond donors (Lipinski definition) is 2. The van der Waals surface area contributed by atoms with Gasteiger partial charge in [0, 0.05) is 0 Å². The molecule has 3 atom stereocenters. The van der Waals surface area contributed by atoms with Crippen molar-refractivity contribution in [3.63, 3.8) is 0 Å². The summed E-state index contributed by atoms with van der Waals surface area (Å²) in [5, 5.41) is 0. The van der Waals surface area contributed by atoms with Crippen LogP contribution in [0.1, 0.15) is 58.1 Å². The monoisotopic (exact) mass is 606 g/mol. The van der Waals surface area contributed by atoms with E-state index < -0.39 is 29.9 Å². The first kappa shape index (κ1) is 34.2. The first-order valence-electron chi connectivity index (χ1n) is 14.6. The summed E-state index contributed by atoms with van der Waals surface area (Å²) in [4.78, 5) is 51.0. The fourth-order valence-electron chi connectivity index (χ4n) is 4.51. The molecule has 4 N–H and O–H groups in total. The second-order valence-corrected chi connectivity index (χ2v) is 11.4. The largest absolute Gasteiger partial charge is 0.493 e. The number of hydrogen-bond acceptors (Lipinski definition) is 10. The molecule has 2 aromatic carbocycles. The highest BCUT2D eigenvalue weighted by atomic mass is 16.6. The average molecular weight is 607 g/mol. The molecule has 236 valence electrons. The van der Waals surface area contributed by atoms with Crippen LogP contribution in [-0.4, -0.2) is 49.8 Å². The number of benzene rings is 2. The number of ketones is 2. The molecule has 0 radical (unpaired) electrons. The summed E-state index contributed by atoms with van der Waals surface area (Å²) in [6.45, 7) is 7.30. The Kier molecular flexibility index (Phi) is 12.0. The number of methoxy groups -OCH3 is 2. The van der Waals surface area contributed by atoms with Crippen LogP contribution in [0.5, 0.6) is 23.0 Å². The Morgan fingerprint density at radius 2 is 1.30 bits per heavy atom. The maximum Gasteiger partial charge on any atom is 0.328 e. The van der Waals surface area contributed by atoms with Crippen molar-refractivity contribution in [1.29, 1.82) is 0 Å². The van der Waals surface area contributed by atoms with Gasteiger partial charge in [-0.25, -0.2) is 9.59 Å². The molecule has 0 bridgehead atoms. The second-order valence-electron chi connectivity index (χ2n) is 11.4. The summed E-state index contributed by atoms with van der Waals surface area (Å²) >= 11 is 0. The van der Waals surface area contributed by atoms with E-state index in [1.54, 1.807) is 48.6 Å². The number of carbonyl (C=O) groups excluding carboxylic acids is 4. The van der Waals surface area contributed by atoms with Crippen LogP contribution in [0.4, 0.5) is 0 Å². The van der Waals surface area contributed by atoms with Crippen molar-refractivity contribution in [2.24, 2.45) is 29.2 Å². The predicted molar refractivity (Wildman–Crippen MR) is 167 cm³/mol. The second kappa shape index (κ2) is 15.4. The van der Waals surface area contributed by atoms with E-state index in [1.165, 1.54) is 20.3 Å². The van der Waals surface area contributed by atoms with E-state index in [1.807, 2.05) is 27.7 Å². The van der Waals surface area contributed by atoms with Crippen molar-refractivity contribution in [2.45, 2.75) is 59.0 Å². The van der Waals surface area contributed by atoms with Crippen molar-refractivity contribution < 1.29 is 38.1 Å². The van der Waals surface area contributed by atoms with E-state index in [-0.39, 0.29) is 34.9 Å². The van der Waals surface area contributed by atoms with Gasteiger partial charge < -0.3 is 30.4 Å². The minimum atomic E-state index is -0.800. The molecule has 1 fully saturated rings. The lowest BCUT2D eigenvalue weighted by molar-refractivity contribution is -0.137. The Morgan fingerprint density at radius 1 is 0.795 bits per heavy atom. The standard InChI is InChI=1S/C34H42N2O8/c1-19(2)30(35)33(39)43-26-14-11-21(17-28(26)41-5)10-13-25(37)24-9-7-8-23(32(24)38)16-22-12-15-27(29(18-22)42-6)44-34(40)31(36)20(3)4/h10-20,24,30-31H,7-9,35-36H2,1-6H3/b13-10+,23-16-. The molecule has 0 heterocycles. The third kappa shape index (κ3) is 8.64. The highest BCUT2D eigenvalue weighted by Gasteiger charge is 2.31. The lowest BCUT2D eigenvalue weighted by Crippen LogP contribution is -2.38. The Bertz CT molecular complexity index is 1440. The van der Waals surface area contributed by atoms with Gasteiger partial charge in [0.2, 0.25) is 0 Å². The molecule has 1 aliphatic rings. The van der Waals surface area contributed by atoms with Crippen LogP contribution in [0, 0.1) is 17.8 Å². The molecule has 0 spiro atoms. The summed E-state index contributed by atoms with van der Waals surface area (Å²) in [7, 11) is 2.90. The number of allylic oxidation sites excluding steroid dienone is 2.